The smallest absolute Gasteiger partial charge is 0.390 e. The molecule has 1 atom stereocenters. The Balaban J connectivity index is 1.80. The van der Waals surface area contributed by atoms with Gasteiger partial charge in [-0.3, -0.25) is 0 Å². The summed E-state index contributed by atoms with van der Waals surface area (Å²) in [4.78, 5) is 9.30. The van der Waals surface area contributed by atoms with Gasteiger partial charge in [-0.05, 0) is 37.9 Å². The molecule has 0 aromatic carbocycles. The molecule has 1 aliphatic rings. The molecule has 0 aliphatic carbocycles. The van der Waals surface area contributed by atoms with Gasteiger partial charge in [0.25, 0.3) is 0 Å². The molecule has 22 heavy (non-hydrogen) atoms. The predicted octanol–water partition coefficient (Wildman–Crippen LogP) is 2.00. The van der Waals surface area contributed by atoms with E-state index in [1.165, 1.54) is 0 Å². The highest BCUT2D eigenvalue weighted by atomic mass is 19.4. The average Bonchev–Trinajstić information content (AvgIpc) is 2.47. The van der Waals surface area contributed by atoms with Crippen LogP contribution in [0.4, 0.5) is 19.1 Å². The fourth-order valence-electron chi connectivity index (χ4n) is 2.42. The molecule has 0 radical (unpaired) electrons. The van der Waals surface area contributed by atoms with Crippen LogP contribution in [0.25, 0.3) is 0 Å². The van der Waals surface area contributed by atoms with E-state index in [-0.39, 0.29) is 12.5 Å². The lowest BCUT2D eigenvalue weighted by Gasteiger charge is -2.31. The molecule has 0 unspecified atom stereocenters. The van der Waals surface area contributed by atoms with Gasteiger partial charge in [0.1, 0.15) is 5.69 Å². The fraction of sp³-hybridized carbons (Fsp3) is 0.714. The van der Waals surface area contributed by atoms with E-state index in [1.54, 1.807) is 0 Å². The quantitative estimate of drug-likeness (QED) is 0.869. The summed E-state index contributed by atoms with van der Waals surface area (Å²) in [6.07, 6.45) is -1.90. The van der Waals surface area contributed by atoms with Crippen LogP contribution in [0, 0.1) is 5.92 Å². The zero-order valence-electron chi connectivity index (χ0n) is 12.5. The Morgan fingerprint density at radius 1 is 1.41 bits per heavy atom. The average molecular weight is 318 g/mol. The van der Waals surface area contributed by atoms with Crippen LogP contribution in [0.3, 0.4) is 0 Å². The van der Waals surface area contributed by atoms with Gasteiger partial charge in [0, 0.05) is 19.3 Å². The first kappa shape index (κ1) is 17.0. The molecule has 0 amide bonds. The Morgan fingerprint density at radius 3 is 2.73 bits per heavy atom. The van der Waals surface area contributed by atoms with Gasteiger partial charge in [-0.25, -0.2) is 9.97 Å². The highest BCUT2D eigenvalue weighted by Crippen LogP contribution is 2.27. The van der Waals surface area contributed by atoms with Crippen LogP contribution in [-0.2, 0) is 6.18 Å². The summed E-state index contributed by atoms with van der Waals surface area (Å²) in [5.74, 6) is 0.589. The third kappa shape index (κ3) is 5.10. The summed E-state index contributed by atoms with van der Waals surface area (Å²) >= 11 is 0. The second-order valence-corrected chi connectivity index (χ2v) is 5.78. The third-order valence-corrected chi connectivity index (χ3v) is 3.79. The molecule has 1 aromatic rings. The highest BCUT2D eigenvalue weighted by Gasteiger charge is 2.32. The lowest BCUT2D eigenvalue weighted by Crippen LogP contribution is -2.40. The molecular weight excluding hydrogens is 297 g/mol. The van der Waals surface area contributed by atoms with Crippen molar-refractivity contribution in [3.8, 4) is 0 Å². The van der Waals surface area contributed by atoms with E-state index in [4.69, 9.17) is 0 Å². The summed E-state index contributed by atoms with van der Waals surface area (Å²) in [6.45, 7) is 4.71. The van der Waals surface area contributed by atoms with Gasteiger partial charge in [-0.15, -0.1) is 0 Å². The first-order chi connectivity index (χ1) is 10.3. The summed E-state index contributed by atoms with van der Waals surface area (Å²) in [5, 5.41) is 12.6. The zero-order valence-corrected chi connectivity index (χ0v) is 12.5. The second-order valence-electron chi connectivity index (χ2n) is 5.78. The first-order valence-electron chi connectivity index (χ1n) is 7.39. The number of nitrogens with one attached hydrogen (secondary N) is 1. The maximum atomic E-state index is 12.5. The molecule has 2 rings (SSSR count). The van der Waals surface area contributed by atoms with Crippen LogP contribution in [-0.4, -0.2) is 52.3 Å². The van der Waals surface area contributed by atoms with Crippen LogP contribution >= 0.6 is 0 Å². The fourth-order valence-corrected chi connectivity index (χ4v) is 2.42. The second kappa shape index (κ2) is 7.23. The number of aliphatic hydroxyl groups excluding tert-OH is 1. The number of β-amino-alcohol motifs (C(OH)–C–C–N with tert-alkyl or cyclic N) is 1. The molecule has 8 heteroatoms. The zero-order chi connectivity index (χ0) is 16.2. The molecule has 2 heterocycles. The van der Waals surface area contributed by atoms with E-state index in [2.05, 4.69) is 27.1 Å². The lowest BCUT2D eigenvalue weighted by atomic mass is 9.99. The first-order valence-corrected chi connectivity index (χ1v) is 7.39. The molecule has 5 nitrogen and oxygen atoms in total. The van der Waals surface area contributed by atoms with Crippen molar-refractivity contribution in [2.24, 2.45) is 5.92 Å². The molecule has 2 N–H and O–H groups in total. The molecule has 0 bridgehead atoms. The Hall–Kier alpha value is -1.41. The number of piperidine rings is 1. The molecule has 1 saturated heterocycles. The minimum Gasteiger partial charge on any atom is -0.390 e. The van der Waals surface area contributed by atoms with Crippen LogP contribution < -0.4 is 5.32 Å². The van der Waals surface area contributed by atoms with Crippen molar-refractivity contribution in [2.75, 3.05) is 31.5 Å². The predicted molar refractivity (Wildman–Crippen MR) is 76.4 cm³/mol. The van der Waals surface area contributed by atoms with Gasteiger partial charge < -0.3 is 15.3 Å². The van der Waals surface area contributed by atoms with Crippen molar-refractivity contribution >= 4 is 5.95 Å². The number of rotatable bonds is 5. The Kier molecular flexibility index (Phi) is 5.57. The summed E-state index contributed by atoms with van der Waals surface area (Å²) in [7, 11) is 0. The number of likely N-dealkylation sites (tertiary alicyclic amines) is 1. The van der Waals surface area contributed by atoms with Crippen LogP contribution in [0.15, 0.2) is 12.3 Å². The van der Waals surface area contributed by atoms with Crippen LogP contribution in [0.1, 0.15) is 25.5 Å². The Bertz CT molecular complexity index is 475. The molecule has 0 spiro atoms. The van der Waals surface area contributed by atoms with Crippen molar-refractivity contribution < 1.29 is 18.3 Å². The molecule has 0 saturated carbocycles. The molecule has 1 aliphatic heterocycles. The minimum absolute atomic E-state index is 0.118. The largest absolute Gasteiger partial charge is 0.433 e. The van der Waals surface area contributed by atoms with Crippen molar-refractivity contribution in [3.63, 3.8) is 0 Å². The standard InChI is InChI=1S/C14H21F3N4O/c1-10-3-6-21(7-4-10)9-11(22)8-19-13-18-5-2-12(20-13)14(15,16)17/h2,5,10-11,22H,3-4,6-9H2,1H3,(H,18,19,20)/t11-/m0/s1. The van der Waals surface area contributed by atoms with Crippen molar-refractivity contribution in [1.82, 2.24) is 14.9 Å². The van der Waals surface area contributed by atoms with Gasteiger partial charge >= 0.3 is 6.18 Å². The maximum absolute atomic E-state index is 12.5. The van der Waals surface area contributed by atoms with E-state index < -0.39 is 18.0 Å². The summed E-state index contributed by atoms with van der Waals surface area (Å²) in [5.41, 5.74) is -0.996. The molecular formula is C14H21F3N4O. The van der Waals surface area contributed by atoms with Crippen molar-refractivity contribution in [2.45, 2.75) is 32.0 Å². The van der Waals surface area contributed by atoms with Gasteiger partial charge in [-0.1, -0.05) is 6.92 Å². The molecule has 124 valence electrons. The number of alkyl halides is 3. The van der Waals surface area contributed by atoms with E-state index in [9.17, 15) is 18.3 Å². The monoisotopic (exact) mass is 318 g/mol. The number of nitrogens with zero attached hydrogens (tertiary/aromatic N) is 3. The van der Waals surface area contributed by atoms with Crippen LogP contribution in [0.2, 0.25) is 0 Å². The Morgan fingerprint density at radius 2 is 2.09 bits per heavy atom. The lowest BCUT2D eigenvalue weighted by molar-refractivity contribution is -0.141. The molecule has 1 fully saturated rings. The van der Waals surface area contributed by atoms with Crippen molar-refractivity contribution in [1.29, 1.82) is 0 Å². The summed E-state index contributed by atoms with van der Waals surface area (Å²) in [6, 6.07) is 0.816. The van der Waals surface area contributed by atoms with Crippen LogP contribution in [0.5, 0.6) is 0 Å². The van der Waals surface area contributed by atoms with Gasteiger partial charge in [0.15, 0.2) is 0 Å². The normalized spacial score (nSPS) is 19.1. The van der Waals surface area contributed by atoms with Gasteiger partial charge in [0.2, 0.25) is 5.95 Å². The van der Waals surface area contributed by atoms with Gasteiger partial charge in [0.05, 0.1) is 6.10 Å². The number of halogens is 3. The third-order valence-electron chi connectivity index (χ3n) is 3.79. The SMILES string of the molecule is CC1CCN(C[C@@H](O)CNc2nccc(C(F)(F)F)n2)CC1. The minimum atomic E-state index is -4.50. The van der Waals surface area contributed by atoms with E-state index in [0.717, 1.165) is 38.2 Å². The number of aliphatic hydroxyl groups is 1. The van der Waals surface area contributed by atoms with E-state index >= 15 is 0 Å². The van der Waals surface area contributed by atoms with Gasteiger partial charge in [-0.2, -0.15) is 13.2 Å². The van der Waals surface area contributed by atoms with E-state index in [0.29, 0.717) is 12.5 Å². The summed E-state index contributed by atoms with van der Waals surface area (Å²) < 4.78 is 37.6. The number of aromatic nitrogens is 2. The van der Waals surface area contributed by atoms with E-state index in [1.807, 2.05) is 0 Å². The number of anilines is 1. The topological polar surface area (TPSA) is 61.3 Å². The highest BCUT2D eigenvalue weighted by molar-refractivity contribution is 5.26. The Labute approximate surface area is 127 Å². The molecule has 1 aromatic heterocycles. The number of hydrogen-bond acceptors (Lipinski definition) is 5. The van der Waals surface area contributed by atoms with Crippen molar-refractivity contribution in [3.05, 3.63) is 18.0 Å². The maximum Gasteiger partial charge on any atom is 0.433 e. The number of hydrogen-bond donors (Lipinski definition) is 2.